The maximum Gasteiger partial charge on any atom is 0.257 e. The van der Waals surface area contributed by atoms with Crippen molar-refractivity contribution in [2.24, 2.45) is 0 Å². The summed E-state index contributed by atoms with van der Waals surface area (Å²) in [7, 11) is 1.67. The van der Waals surface area contributed by atoms with Crippen molar-refractivity contribution in [2.75, 3.05) is 20.2 Å². The number of amides is 1. The van der Waals surface area contributed by atoms with Crippen LogP contribution < -0.4 is 4.74 Å². The summed E-state index contributed by atoms with van der Waals surface area (Å²) in [6.07, 6.45) is 1.48. The van der Waals surface area contributed by atoms with E-state index in [-0.39, 0.29) is 18.3 Å². The Morgan fingerprint density at radius 2 is 2.10 bits per heavy atom. The molecule has 106 valence electrons. The number of rotatable bonds is 5. The Morgan fingerprint density at radius 3 is 2.75 bits per heavy atom. The third kappa shape index (κ3) is 3.17. The molecule has 0 atom stereocenters. The highest BCUT2D eigenvalue weighted by molar-refractivity contribution is 5.94. The van der Waals surface area contributed by atoms with Gasteiger partial charge in [0.25, 0.3) is 5.91 Å². The predicted octanol–water partition coefficient (Wildman–Crippen LogP) is 2.88. The molecule has 0 saturated heterocycles. The average molecular weight is 277 g/mol. The lowest BCUT2D eigenvalue weighted by molar-refractivity contribution is 0.0771. The Labute approximate surface area is 116 Å². The molecule has 4 nitrogen and oxygen atoms in total. The second-order valence-electron chi connectivity index (χ2n) is 4.40. The number of nitrogens with zero attached hydrogens (tertiary/aromatic N) is 1. The van der Waals surface area contributed by atoms with Crippen molar-refractivity contribution < 1.29 is 18.3 Å². The maximum absolute atomic E-state index is 13.3. The maximum atomic E-state index is 13.3. The van der Waals surface area contributed by atoms with Crippen molar-refractivity contribution in [1.29, 1.82) is 0 Å². The second-order valence-corrected chi connectivity index (χ2v) is 4.40. The standard InChI is InChI=1S/C15H16FNO3/c1-11-12(7-9-19-11)15(18)17(2)8-10-20-14-6-4-3-5-13(14)16/h3-7,9H,8,10H2,1-2H3. The highest BCUT2D eigenvalue weighted by Gasteiger charge is 2.16. The van der Waals surface area contributed by atoms with Crippen LogP contribution in [0, 0.1) is 12.7 Å². The molecule has 0 aliphatic carbocycles. The molecular formula is C15H16FNO3. The Balaban J connectivity index is 1.87. The Kier molecular flexibility index (Phi) is 4.40. The fraction of sp³-hybridized carbons (Fsp3) is 0.267. The van der Waals surface area contributed by atoms with Crippen LogP contribution in [0.25, 0.3) is 0 Å². The zero-order valence-electron chi connectivity index (χ0n) is 11.4. The molecule has 0 fully saturated rings. The number of halogens is 1. The fourth-order valence-corrected chi connectivity index (χ4v) is 1.77. The third-order valence-corrected chi connectivity index (χ3v) is 2.96. The fourth-order valence-electron chi connectivity index (χ4n) is 1.77. The van der Waals surface area contributed by atoms with Gasteiger partial charge < -0.3 is 14.1 Å². The van der Waals surface area contributed by atoms with E-state index < -0.39 is 5.82 Å². The summed E-state index contributed by atoms with van der Waals surface area (Å²) < 4.78 is 23.7. The van der Waals surface area contributed by atoms with E-state index in [4.69, 9.17) is 9.15 Å². The minimum absolute atomic E-state index is 0.145. The molecule has 1 amide bonds. The molecular weight excluding hydrogens is 261 g/mol. The number of furan rings is 1. The Hall–Kier alpha value is -2.30. The molecule has 0 aliphatic rings. The van der Waals surface area contributed by atoms with Gasteiger partial charge in [-0.15, -0.1) is 0 Å². The largest absolute Gasteiger partial charge is 0.489 e. The normalized spacial score (nSPS) is 10.3. The summed E-state index contributed by atoms with van der Waals surface area (Å²) in [6.45, 7) is 2.31. The molecule has 0 spiro atoms. The summed E-state index contributed by atoms with van der Waals surface area (Å²) in [6, 6.07) is 7.81. The van der Waals surface area contributed by atoms with Gasteiger partial charge >= 0.3 is 0 Å². The van der Waals surface area contributed by atoms with E-state index in [0.717, 1.165) is 0 Å². The summed E-state index contributed by atoms with van der Waals surface area (Å²) in [5.74, 6) is 0.213. The SMILES string of the molecule is Cc1occc1C(=O)N(C)CCOc1ccccc1F. The van der Waals surface area contributed by atoms with Crippen LogP contribution in [0.2, 0.25) is 0 Å². The van der Waals surface area contributed by atoms with Crippen molar-refractivity contribution >= 4 is 5.91 Å². The highest BCUT2D eigenvalue weighted by Crippen LogP contribution is 2.15. The molecule has 2 aromatic rings. The van der Waals surface area contributed by atoms with E-state index in [2.05, 4.69) is 0 Å². The van der Waals surface area contributed by atoms with Crippen LogP contribution in [0.5, 0.6) is 5.75 Å². The van der Waals surface area contributed by atoms with Gasteiger partial charge in [0, 0.05) is 7.05 Å². The van der Waals surface area contributed by atoms with E-state index >= 15 is 0 Å². The number of carbonyl (C=O) groups is 1. The molecule has 1 aromatic heterocycles. The molecule has 20 heavy (non-hydrogen) atoms. The van der Waals surface area contributed by atoms with Crippen molar-refractivity contribution in [1.82, 2.24) is 4.90 Å². The van der Waals surface area contributed by atoms with Crippen LogP contribution in [-0.4, -0.2) is 31.0 Å². The van der Waals surface area contributed by atoms with Gasteiger partial charge in [0.1, 0.15) is 12.4 Å². The van der Waals surface area contributed by atoms with Crippen LogP contribution in [0.3, 0.4) is 0 Å². The monoisotopic (exact) mass is 277 g/mol. The predicted molar refractivity (Wildman–Crippen MR) is 72.3 cm³/mol. The lowest BCUT2D eigenvalue weighted by atomic mass is 10.2. The minimum atomic E-state index is -0.410. The van der Waals surface area contributed by atoms with E-state index in [1.165, 1.54) is 17.2 Å². The topological polar surface area (TPSA) is 42.7 Å². The van der Waals surface area contributed by atoms with E-state index in [0.29, 0.717) is 17.9 Å². The zero-order chi connectivity index (χ0) is 14.5. The summed E-state index contributed by atoms with van der Waals surface area (Å²) in [5, 5.41) is 0. The number of para-hydroxylation sites is 1. The third-order valence-electron chi connectivity index (χ3n) is 2.96. The van der Waals surface area contributed by atoms with E-state index in [1.54, 1.807) is 38.2 Å². The number of likely N-dealkylation sites (N-methyl/N-ethyl adjacent to an activating group) is 1. The smallest absolute Gasteiger partial charge is 0.257 e. The van der Waals surface area contributed by atoms with Gasteiger partial charge in [-0.1, -0.05) is 12.1 Å². The lowest BCUT2D eigenvalue weighted by Gasteiger charge is -2.17. The number of benzene rings is 1. The summed E-state index contributed by atoms with van der Waals surface area (Å²) >= 11 is 0. The molecule has 0 saturated carbocycles. The number of ether oxygens (including phenoxy) is 1. The van der Waals surface area contributed by atoms with Gasteiger partial charge in [-0.2, -0.15) is 0 Å². The van der Waals surface area contributed by atoms with Crippen LogP contribution in [-0.2, 0) is 0 Å². The van der Waals surface area contributed by atoms with Gasteiger partial charge in [0.15, 0.2) is 11.6 Å². The van der Waals surface area contributed by atoms with Crippen LogP contribution in [0.15, 0.2) is 41.0 Å². The Bertz CT molecular complexity index is 594. The first-order chi connectivity index (χ1) is 9.59. The first-order valence-corrected chi connectivity index (χ1v) is 6.26. The molecule has 0 aliphatic heterocycles. The van der Waals surface area contributed by atoms with Gasteiger partial charge in [-0.05, 0) is 25.1 Å². The second kappa shape index (κ2) is 6.23. The van der Waals surface area contributed by atoms with Crippen LogP contribution >= 0.6 is 0 Å². The molecule has 2 rings (SSSR count). The zero-order valence-corrected chi connectivity index (χ0v) is 11.4. The van der Waals surface area contributed by atoms with E-state index in [1.807, 2.05) is 0 Å². The molecule has 5 heteroatoms. The van der Waals surface area contributed by atoms with Crippen LogP contribution in [0.4, 0.5) is 4.39 Å². The lowest BCUT2D eigenvalue weighted by Crippen LogP contribution is -2.31. The summed E-state index contributed by atoms with van der Waals surface area (Å²) in [4.78, 5) is 13.6. The van der Waals surface area contributed by atoms with Crippen molar-refractivity contribution in [3.8, 4) is 5.75 Å². The first kappa shape index (κ1) is 14.1. The van der Waals surface area contributed by atoms with Crippen molar-refractivity contribution in [2.45, 2.75) is 6.92 Å². The van der Waals surface area contributed by atoms with Crippen molar-refractivity contribution in [3.63, 3.8) is 0 Å². The summed E-state index contributed by atoms with van der Waals surface area (Å²) in [5.41, 5.74) is 0.526. The minimum Gasteiger partial charge on any atom is -0.489 e. The molecule has 0 N–H and O–H groups in total. The molecule has 1 aromatic carbocycles. The van der Waals surface area contributed by atoms with E-state index in [9.17, 15) is 9.18 Å². The quantitative estimate of drug-likeness (QED) is 0.844. The number of hydrogen-bond acceptors (Lipinski definition) is 3. The van der Waals surface area contributed by atoms with Crippen molar-refractivity contribution in [3.05, 3.63) is 53.7 Å². The molecule has 0 bridgehead atoms. The first-order valence-electron chi connectivity index (χ1n) is 6.26. The van der Waals surface area contributed by atoms with Gasteiger partial charge in [0.05, 0.1) is 18.4 Å². The average Bonchev–Trinajstić information content (AvgIpc) is 2.86. The Morgan fingerprint density at radius 1 is 1.35 bits per heavy atom. The molecule has 1 heterocycles. The van der Waals surface area contributed by atoms with Crippen LogP contribution in [0.1, 0.15) is 16.1 Å². The molecule has 0 unspecified atom stereocenters. The number of carbonyl (C=O) groups excluding carboxylic acids is 1. The highest BCUT2D eigenvalue weighted by atomic mass is 19.1. The van der Waals surface area contributed by atoms with Gasteiger partial charge in [-0.3, -0.25) is 4.79 Å². The van der Waals surface area contributed by atoms with Gasteiger partial charge in [0.2, 0.25) is 0 Å². The number of aryl methyl sites for hydroxylation is 1. The van der Waals surface area contributed by atoms with Gasteiger partial charge in [-0.25, -0.2) is 4.39 Å². The molecule has 0 radical (unpaired) electrons. The number of hydrogen-bond donors (Lipinski definition) is 0.